The molecule has 3 aliphatic rings. The zero-order valence-electron chi connectivity index (χ0n) is 22.1. The molecule has 1 aliphatic carbocycles. The third-order valence-electron chi connectivity index (χ3n) is 7.88. The zero-order chi connectivity index (χ0) is 28.3. The first kappa shape index (κ1) is 28.7. The third kappa shape index (κ3) is 6.66. The van der Waals surface area contributed by atoms with Gasteiger partial charge in [0, 0.05) is 32.2 Å². The molecule has 0 bridgehead atoms. The summed E-state index contributed by atoms with van der Waals surface area (Å²) in [6.07, 6.45) is 4.54. The third-order valence-corrected chi connectivity index (χ3v) is 8.73. The van der Waals surface area contributed by atoms with Crippen LogP contribution in [0.5, 0.6) is 0 Å². The maximum atomic E-state index is 14.5. The molecule has 0 spiro atoms. The van der Waals surface area contributed by atoms with E-state index in [1.165, 1.54) is 11.8 Å². The van der Waals surface area contributed by atoms with Crippen LogP contribution in [0.1, 0.15) is 50.6 Å². The summed E-state index contributed by atoms with van der Waals surface area (Å²) in [6.45, 7) is 2.10. The van der Waals surface area contributed by atoms with E-state index in [1.807, 2.05) is 0 Å². The molecule has 6 atom stereocenters. The van der Waals surface area contributed by atoms with Gasteiger partial charge in [-0.2, -0.15) is 4.39 Å². The van der Waals surface area contributed by atoms with Crippen molar-refractivity contribution in [3.8, 4) is 0 Å². The SMILES string of the molecule is CC(=O)NC(C(=O)N1CC2CCCC2C1C(=O)NC(C=C(F)S(C)(=O)=O)CC1CCNC1=O)c1ccccc1. The predicted molar refractivity (Wildman–Crippen MR) is 141 cm³/mol. The standard InChI is InChI=1S/C27H35FN4O6S/c1-16(33)30-23(17-7-4-3-5-8-17)27(36)32-15-19-9-6-10-21(19)24(32)26(35)31-20(14-22(28)39(2,37)38)13-18-11-12-29-25(18)34/h3-5,7-8,14,18-21,23-24H,6,9-13,15H2,1-2H3,(H,29,34)(H,30,33)(H,31,35). The van der Waals surface area contributed by atoms with Gasteiger partial charge in [-0.05, 0) is 49.2 Å². The summed E-state index contributed by atoms with van der Waals surface area (Å²) in [5.41, 5.74) is 0.581. The van der Waals surface area contributed by atoms with Crippen LogP contribution < -0.4 is 16.0 Å². The highest BCUT2D eigenvalue weighted by atomic mass is 32.2. The number of carbonyl (C=O) groups is 4. The molecule has 2 saturated heterocycles. The van der Waals surface area contributed by atoms with E-state index in [0.29, 0.717) is 25.1 Å². The van der Waals surface area contributed by atoms with E-state index in [1.54, 1.807) is 30.3 Å². The number of hydrogen-bond donors (Lipinski definition) is 3. The monoisotopic (exact) mass is 562 g/mol. The minimum absolute atomic E-state index is 0.0216. The number of amides is 4. The number of benzene rings is 1. The Labute approximate surface area is 227 Å². The molecule has 0 aromatic heterocycles. The summed E-state index contributed by atoms with van der Waals surface area (Å²) < 4.78 is 38.1. The first-order chi connectivity index (χ1) is 18.5. The molecule has 12 heteroatoms. The van der Waals surface area contributed by atoms with Gasteiger partial charge in [0.05, 0.1) is 6.04 Å². The zero-order valence-corrected chi connectivity index (χ0v) is 22.9. The van der Waals surface area contributed by atoms with Gasteiger partial charge in [-0.1, -0.05) is 36.8 Å². The van der Waals surface area contributed by atoms with Crippen molar-refractivity contribution in [2.75, 3.05) is 19.3 Å². The van der Waals surface area contributed by atoms with Crippen LogP contribution in [0.15, 0.2) is 41.6 Å². The Balaban J connectivity index is 1.62. The van der Waals surface area contributed by atoms with Crippen LogP contribution in [0, 0.1) is 17.8 Å². The fourth-order valence-electron chi connectivity index (χ4n) is 6.07. The van der Waals surface area contributed by atoms with Crippen LogP contribution in [0.25, 0.3) is 0 Å². The molecule has 2 heterocycles. The van der Waals surface area contributed by atoms with E-state index in [4.69, 9.17) is 0 Å². The Morgan fingerprint density at radius 1 is 1.15 bits per heavy atom. The molecule has 1 aromatic rings. The number of rotatable bonds is 9. The van der Waals surface area contributed by atoms with Crippen LogP contribution >= 0.6 is 0 Å². The van der Waals surface area contributed by atoms with Gasteiger partial charge in [-0.25, -0.2) is 8.42 Å². The molecule has 1 aromatic carbocycles. The molecule has 2 aliphatic heterocycles. The first-order valence-corrected chi connectivity index (χ1v) is 15.1. The van der Waals surface area contributed by atoms with Crippen molar-refractivity contribution in [2.45, 2.75) is 57.2 Å². The van der Waals surface area contributed by atoms with E-state index in [9.17, 15) is 32.0 Å². The highest BCUT2D eigenvalue weighted by Crippen LogP contribution is 2.43. The van der Waals surface area contributed by atoms with Gasteiger partial charge in [-0.15, -0.1) is 0 Å². The van der Waals surface area contributed by atoms with Gasteiger partial charge in [0.1, 0.15) is 12.1 Å². The Morgan fingerprint density at radius 2 is 1.87 bits per heavy atom. The van der Waals surface area contributed by atoms with Gasteiger partial charge < -0.3 is 20.9 Å². The molecule has 39 heavy (non-hydrogen) atoms. The van der Waals surface area contributed by atoms with Crippen LogP contribution in [-0.2, 0) is 29.0 Å². The molecule has 0 radical (unpaired) electrons. The topological polar surface area (TPSA) is 142 Å². The molecule has 4 rings (SSSR count). The Kier molecular flexibility index (Phi) is 8.73. The number of nitrogens with one attached hydrogen (secondary N) is 3. The van der Waals surface area contributed by atoms with Crippen LogP contribution in [0.3, 0.4) is 0 Å². The Morgan fingerprint density at radius 3 is 2.49 bits per heavy atom. The molecular formula is C27H35FN4O6S. The van der Waals surface area contributed by atoms with Gasteiger partial charge in [-0.3, -0.25) is 19.2 Å². The second-order valence-electron chi connectivity index (χ2n) is 10.7. The summed E-state index contributed by atoms with van der Waals surface area (Å²) in [6, 6.07) is 5.83. The Hall–Kier alpha value is -3.28. The van der Waals surface area contributed by atoms with E-state index < -0.39 is 56.8 Å². The summed E-state index contributed by atoms with van der Waals surface area (Å²) in [4.78, 5) is 53.3. The molecule has 4 amide bonds. The number of carbonyl (C=O) groups excluding carboxylic acids is 4. The molecule has 10 nitrogen and oxygen atoms in total. The highest BCUT2D eigenvalue weighted by molar-refractivity contribution is 7.94. The van der Waals surface area contributed by atoms with Crippen molar-refractivity contribution in [3.63, 3.8) is 0 Å². The summed E-state index contributed by atoms with van der Waals surface area (Å²) in [5.74, 6) is -2.13. The van der Waals surface area contributed by atoms with E-state index in [0.717, 1.165) is 31.6 Å². The largest absolute Gasteiger partial charge is 0.356 e. The van der Waals surface area contributed by atoms with Crippen LogP contribution in [-0.4, -0.2) is 68.4 Å². The van der Waals surface area contributed by atoms with Gasteiger partial charge in [0.25, 0.3) is 5.91 Å². The number of fused-ring (bicyclic) bond motifs is 1. The second kappa shape index (κ2) is 11.8. The van der Waals surface area contributed by atoms with Crippen molar-refractivity contribution >= 4 is 33.5 Å². The van der Waals surface area contributed by atoms with Crippen molar-refractivity contribution in [2.24, 2.45) is 17.8 Å². The van der Waals surface area contributed by atoms with Gasteiger partial charge in [0.15, 0.2) is 0 Å². The molecule has 3 N–H and O–H groups in total. The van der Waals surface area contributed by atoms with E-state index >= 15 is 0 Å². The normalized spacial score (nSPS) is 26.5. The molecule has 212 valence electrons. The summed E-state index contributed by atoms with van der Waals surface area (Å²) in [7, 11) is -4.15. The lowest BCUT2D eigenvalue weighted by Gasteiger charge is -2.32. The maximum Gasteiger partial charge on any atom is 0.250 e. The fourth-order valence-corrected chi connectivity index (χ4v) is 6.48. The van der Waals surface area contributed by atoms with Gasteiger partial charge in [0.2, 0.25) is 32.7 Å². The van der Waals surface area contributed by atoms with Crippen molar-refractivity contribution in [1.29, 1.82) is 0 Å². The minimum atomic E-state index is -4.15. The number of sulfone groups is 1. The summed E-state index contributed by atoms with van der Waals surface area (Å²) in [5, 5.41) is 6.75. The lowest BCUT2D eigenvalue weighted by molar-refractivity contribution is -0.142. The van der Waals surface area contributed by atoms with Crippen LogP contribution in [0.2, 0.25) is 0 Å². The molecule has 6 unspecified atom stereocenters. The number of likely N-dealkylation sites (tertiary alicyclic amines) is 1. The quantitative estimate of drug-likeness (QED) is 0.415. The second-order valence-corrected chi connectivity index (χ2v) is 12.6. The van der Waals surface area contributed by atoms with E-state index in [-0.39, 0.29) is 24.2 Å². The predicted octanol–water partition coefficient (Wildman–Crippen LogP) is 1.36. The number of hydrogen-bond acceptors (Lipinski definition) is 6. The van der Waals surface area contributed by atoms with Crippen molar-refractivity contribution < 1.29 is 32.0 Å². The van der Waals surface area contributed by atoms with Gasteiger partial charge >= 0.3 is 0 Å². The van der Waals surface area contributed by atoms with E-state index in [2.05, 4.69) is 16.0 Å². The van der Waals surface area contributed by atoms with Crippen molar-refractivity contribution in [1.82, 2.24) is 20.9 Å². The lowest BCUT2D eigenvalue weighted by Crippen LogP contribution is -2.53. The van der Waals surface area contributed by atoms with Crippen molar-refractivity contribution in [3.05, 3.63) is 47.1 Å². The number of halogens is 1. The molecular weight excluding hydrogens is 527 g/mol. The lowest BCUT2D eigenvalue weighted by atomic mass is 9.92. The smallest absolute Gasteiger partial charge is 0.250 e. The highest BCUT2D eigenvalue weighted by Gasteiger charge is 2.51. The number of nitrogens with zero attached hydrogens (tertiary/aromatic N) is 1. The fraction of sp³-hybridized carbons (Fsp3) is 0.556. The molecule has 1 saturated carbocycles. The summed E-state index contributed by atoms with van der Waals surface area (Å²) >= 11 is 0. The Bertz CT molecular complexity index is 1250. The maximum absolute atomic E-state index is 14.5. The average Bonchev–Trinajstić information content (AvgIpc) is 3.58. The average molecular weight is 563 g/mol. The first-order valence-electron chi connectivity index (χ1n) is 13.2. The molecule has 3 fully saturated rings. The minimum Gasteiger partial charge on any atom is -0.356 e. The van der Waals surface area contributed by atoms with Crippen LogP contribution in [0.4, 0.5) is 4.39 Å².